The van der Waals surface area contributed by atoms with Gasteiger partial charge in [-0.3, -0.25) is 4.79 Å². The topological polar surface area (TPSA) is 86.6 Å². The van der Waals surface area contributed by atoms with E-state index in [9.17, 15) is 14.7 Å². The standard InChI is InChI=1S/C16H15NO4/c1-9-4-3-5-13(14(9)18)15(19)17-11-6-7-12(16(20)21)10(2)8-11/h3-8,18H,1-2H3,(H,17,19)(H,20,21). The molecule has 1 amide bonds. The van der Waals surface area contributed by atoms with Crippen molar-refractivity contribution in [3.63, 3.8) is 0 Å². The number of hydrogen-bond donors (Lipinski definition) is 3. The molecule has 2 rings (SSSR count). The molecule has 0 bridgehead atoms. The molecule has 0 spiro atoms. The molecular weight excluding hydrogens is 270 g/mol. The first-order chi connectivity index (χ1) is 9.90. The summed E-state index contributed by atoms with van der Waals surface area (Å²) in [6.45, 7) is 3.36. The monoisotopic (exact) mass is 285 g/mol. The van der Waals surface area contributed by atoms with E-state index in [1.807, 2.05) is 0 Å². The van der Waals surface area contributed by atoms with E-state index in [1.165, 1.54) is 18.2 Å². The Labute approximate surface area is 121 Å². The Morgan fingerprint density at radius 1 is 1.00 bits per heavy atom. The molecule has 5 nitrogen and oxygen atoms in total. The number of aromatic hydroxyl groups is 1. The van der Waals surface area contributed by atoms with Crippen LogP contribution in [0.1, 0.15) is 31.8 Å². The Bertz CT molecular complexity index is 722. The van der Waals surface area contributed by atoms with Crippen molar-refractivity contribution in [3.05, 3.63) is 58.7 Å². The Morgan fingerprint density at radius 2 is 1.71 bits per heavy atom. The number of rotatable bonds is 3. The van der Waals surface area contributed by atoms with Crippen molar-refractivity contribution < 1.29 is 19.8 Å². The van der Waals surface area contributed by atoms with Gasteiger partial charge < -0.3 is 15.5 Å². The molecule has 5 heteroatoms. The molecule has 2 aromatic carbocycles. The summed E-state index contributed by atoms with van der Waals surface area (Å²) in [5.41, 5.74) is 2.00. The second kappa shape index (κ2) is 5.66. The second-order valence-electron chi connectivity index (χ2n) is 4.76. The summed E-state index contributed by atoms with van der Waals surface area (Å²) in [6, 6.07) is 9.44. The molecule has 0 aliphatic carbocycles. The van der Waals surface area contributed by atoms with E-state index in [1.54, 1.807) is 32.0 Å². The largest absolute Gasteiger partial charge is 0.507 e. The fourth-order valence-electron chi connectivity index (χ4n) is 2.02. The van der Waals surface area contributed by atoms with E-state index in [0.29, 0.717) is 16.8 Å². The molecule has 0 fully saturated rings. The van der Waals surface area contributed by atoms with Gasteiger partial charge in [0.2, 0.25) is 0 Å². The molecule has 0 aromatic heterocycles. The minimum Gasteiger partial charge on any atom is -0.507 e. The highest BCUT2D eigenvalue weighted by Crippen LogP contribution is 2.23. The van der Waals surface area contributed by atoms with Crippen LogP contribution in [0.4, 0.5) is 5.69 Å². The zero-order valence-electron chi connectivity index (χ0n) is 11.7. The first-order valence-electron chi connectivity index (χ1n) is 6.34. The molecule has 0 heterocycles. The lowest BCUT2D eigenvalue weighted by Gasteiger charge is -2.10. The molecule has 0 aliphatic rings. The van der Waals surface area contributed by atoms with Gasteiger partial charge in [0.05, 0.1) is 11.1 Å². The number of nitrogens with one attached hydrogen (secondary N) is 1. The Morgan fingerprint density at radius 3 is 2.33 bits per heavy atom. The molecule has 0 saturated heterocycles. The number of para-hydroxylation sites is 1. The average molecular weight is 285 g/mol. The smallest absolute Gasteiger partial charge is 0.335 e. The van der Waals surface area contributed by atoms with Gasteiger partial charge in [-0.05, 0) is 49.2 Å². The SMILES string of the molecule is Cc1cc(NC(=O)c2cccc(C)c2O)ccc1C(=O)O. The number of phenolic OH excluding ortho intramolecular Hbond substituents is 1. The number of aromatic carboxylic acids is 1. The number of carbonyl (C=O) groups excluding carboxylic acids is 1. The van der Waals surface area contributed by atoms with Crippen molar-refractivity contribution >= 4 is 17.6 Å². The number of carbonyl (C=O) groups is 2. The second-order valence-corrected chi connectivity index (χ2v) is 4.76. The third-order valence-electron chi connectivity index (χ3n) is 3.20. The first-order valence-corrected chi connectivity index (χ1v) is 6.34. The molecule has 2 aromatic rings. The number of amides is 1. The van der Waals surface area contributed by atoms with Gasteiger partial charge in [-0.1, -0.05) is 12.1 Å². The third-order valence-corrected chi connectivity index (χ3v) is 3.20. The first kappa shape index (κ1) is 14.6. The molecular formula is C16H15NO4. The van der Waals surface area contributed by atoms with Gasteiger partial charge in [-0.25, -0.2) is 4.79 Å². The van der Waals surface area contributed by atoms with Crippen LogP contribution in [0.25, 0.3) is 0 Å². The lowest BCUT2D eigenvalue weighted by atomic mass is 10.1. The van der Waals surface area contributed by atoms with Crippen molar-refractivity contribution in [1.82, 2.24) is 0 Å². The van der Waals surface area contributed by atoms with Crippen LogP contribution in [-0.4, -0.2) is 22.1 Å². The van der Waals surface area contributed by atoms with Crippen molar-refractivity contribution in [2.75, 3.05) is 5.32 Å². The van der Waals surface area contributed by atoms with Crippen molar-refractivity contribution in [2.24, 2.45) is 0 Å². The minimum atomic E-state index is -1.01. The number of aryl methyl sites for hydroxylation is 2. The predicted molar refractivity (Wildman–Crippen MR) is 78.9 cm³/mol. The van der Waals surface area contributed by atoms with Gasteiger partial charge in [0.1, 0.15) is 5.75 Å². The molecule has 108 valence electrons. The lowest BCUT2D eigenvalue weighted by molar-refractivity contribution is 0.0696. The summed E-state index contributed by atoms with van der Waals surface area (Å²) >= 11 is 0. The van der Waals surface area contributed by atoms with E-state index < -0.39 is 11.9 Å². The number of anilines is 1. The van der Waals surface area contributed by atoms with Crippen molar-refractivity contribution in [2.45, 2.75) is 13.8 Å². The highest BCUT2D eigenvalue weighted by molar-refractivity contribution is 6.06. The molecule has 0 unspecified atom stereocenters. The van der Waals surface area contributed by atoms with E-state index in [0.717, 1.165) is 0 Å². The Balaban J connectivity index is 2.26. The van der Waals surface area contributed by atoms with Gasteiger partial charge in [0, 0.05) is 5.69 Å². The molecule has 3 N–H and O–H groups in total. The van der Waals surface area contributed by atoms with Crippen molar-refractivity contribution in [1.29, 1.82) is 0 Å². The maximum absolute atomic E-state index is 12.1. The van der Waals surface area contributed by atoms with E-state index in [4.69, 9.17) is 5.11 Å². The summed E-state index contributed by atoms with van der Waals surface area (Å²) in [4.78, 5) is 23.1. The summed E-state index contributed by atoms with van der Waals surface area (Å²) in [5.74, 6) is -1.52. The quantitative estimate of drug-likeness (QED) is 0.809. The predicted octanol–water partition coefficient (Wildman–Crippen LogP) is 2.96. The highest BCUT2D eigenvalue weighted by Gasteiger charge is 2.14. The zero-order chi connectivity index (χ0) is 15.6. The normalized spacial score (nSPS) is 10.2. The molecule has 0 saturated carbocycles. The molecule has 0 atom stereocenters. The summed E-state index contributed by atoms with van der Waals surface area (Å²) in [6.07, 6.45) is 0. The number of phenols is 1. The maximum atomic E-state index is 12.1. The van der Waals surface area contributed by atoms with Crippen molar-refractivity contribution in [3.8, 4) is 5.75 Å². The zero-order valence-corrected chi connectivity index (χ0v) is 11.7. The van der Waals surface area contributed by atoms with Crippen LogP contribution in [0.3, 0.4) is 0 Å². The summed E-state index contributed by atoms with van der Waals surface area (Å²) < 4.78 is 0. The summed E-state index contributed by atoms with van der Waals surface area (Å²) in [5, 5.41) is 21.5. The van der Waals surface area contributed by atoms with Gasteiger partial charge >= 0.3 is 5.97 Å². The number of benzene rings is 2. The molecule has 0 radical (unpaired) electrons. The Hall–Kier alpha value is -2.82. The third kappa shape index (κ3) is 3.02. The van der Waals surface area contributed by atoms with Crippen LogP contribution in [0.2, 0.25) is 0 Å². The van der Waals surface area contributed by atoms with Crippen LogP contribution in [0, 0.1) is 13.8 Å². The van der Waals surface area contributed by atoms with Crippen LogP contribution < -0.4 is 5.32 Å². The van der Waals surface area contributed by atoms with Crippen LogP contribution in [0.15, 0.2) is 36.4 Å². The number of carboxylic acid groups (broad SMARTS) is 1. The van der Waals surface area contributed by atoms with Gasteiger partial charge in [-0.2, -0.15) is 0 Å². The fraction of sp³-hybridized carbons (Fsp3) is 0.125. The lowest BCUT2D eigenvalue weighted by Crippen LogP contribution is -2.13. The van der Waals surface area contributed by atoms with Gasteiger partial charge in [0.15, 0.2) is 0 Å². The molecule has 0 aliphatic heterocycles. The van der Waals surface area contributed by atoms with E-state index >= 15 is 0 Å². The highest BCUT2D eigenvalue weighted by atomic mass is 16.4. The van der Waals surface area contributed by atoms with Crippen LogP contribution in [-0.2, 0) is 0 Å². The minimum absolute atomic E-state index is 0.0612. The average Bonchev–Trinajstić information content (AvgIpc) is 2.41. The summed E-state index contributed by atoms with van der Waals surface area (Å²) in [7, 11) is 0. The van der Waals surface area contributed by atoms with Crippen LogP contribution >= 0.6 is 0 Å². The van der Waals surface area contributed by atoms with Crippen LogP contribution in [0.5, 0.6) is 5.75 Å². The fourth-order valence-corrected chi connectivity index (χ4v) is 2.02. The van der Waals surface area contributed by atoms with E-state index in [2.05, 4.69) is 5.32 Å². The van der Waals surface area contributed by atoms with Gasteiger partial charge in [0.25, 0.3) is 5.91 Å². The Kier molecular flexibility index (Phi) is 3.93. The number of hydrogen-bond acceptors (Lipinski definition) is 3. The maximum Gasteiger partial charge on any atom is 0.335 e. The van der Waals surface area contributed by atoms with E-state index in [-0.39, 0.29) is 16.9 Å². The van der Waals surface area contributed by atoms with Gasteiger partial charge in [-0.15, -0.1) is 0 Å². The molecule has 21 heavy (non-hydrogen) atoms. The number of carboxylic acids is 1.